The summed E-state index contributed by atoms with van der Waals surface area (Å²) in [5.74, 6) is -2.61. The number of carboxylic acids is 2. The Morgan fingerprint density at radius 2 is 1.29 bits per heavy atom. The Morgan fingerprint density at radius 3 is 1.89 bits per heavy atom. The number of likely N-dealkylation sites (tertiary alicyclic amines) is 2. The van der Waals surface area contributed by atoms with Crippen LogP contribution in [0, 0.1) is 12.7 Å². The predicted octanol–water partition coefficient (Wildman–Crippen LogP) is 12.2. The Labute approximate surface area is 487 Å². The van der Waals surface area contributed by atoms with Crippen LogP contribution in [0.25, 0.3) is 0 Å². The zero-order valence-corrected chi connectivity index (χ0v) is 47.8. The van der Waals surface area contributed by atoms with Gasteiger partial charge in [-0.15, -0.1) is 0 Å². The number of nitrogens with one attached hydrogen (secondary N) is 2. The van der Waals surface area contributed by atoms with E-state index in [1.54, 1.807) is 73.3 Å². The number of likely N-dealkylation sites (N-methyl/N-ethyl adjacent to an activating group) is 1. The van der Waals surface area contributed by atoms with Crippen LogP contribution < -0.4 is 20.1 Å². The fourth-order valence-corrected chi connectivity index (χ4v) is 11.7. The number of carbonyl (C=O) groups is 5. The highest BCUT2D eigenvalue weighted by Gasteiger charge is 2.32. The van der Waals surface area contributed by atoms with Crippen molar-refractivity contribution in [3.63, 3.8) is 0 Å². The third kappa shape index (κ3) is 14.6. The normalized spacial score (nSPS) is 14.7. The van der Waals surface area contributed by atoms with E-state index in [0.29, 0.717) is 92.7 Å². The van der Waals surface area contributed by atoms with Gasteiger partial charge in [0.05, 0.1) is 37.2 Å². The van der Waals surface area contributed by atoms with E-state index in [-0.39, 0.29) is 106 Å². The number of phenolic OH excluding ortho intramolecular Hbond substituents is 1. The monoisotopic (exact) mass is 1190 g/mol. The number of benzene rings is 6. The van der Waals surface area contributed by atoms with Crippen LogP contribution in [0.1, 0.15) is 110 Å². The van der Waals surface area contributed by atoms with Crippen LogP contribution in [0.2, 0.25) is 25.1 Å². The Bertz CT molecular complexity index is 3350. The third-order valence-corrected chi connectivity index (χ3v) is 16.0. The third-order valence-electron chi connectivity index (χ3n) is 14.3. The second kappa shape index (κ2) is 26.2. The largest absolute Gasteiger partial charge is 0.508 e. The maximum absolute atomic E-state index is 15.6. The van der Waals surface area contributed by atoms with Gasteiger partial charge in [-0.05, 0) is 150 Å². The molecule has 5 N–H and O–H groups in total. The smallest absolute Gasteiger partial charge is 0.307 e. The first-order chi connectivity index (χ1) is 38.1. The molecule has 6 aromatic carbocycles. The standard InChI is InChI=1S/C60H58Cl5FN4O10/c1-32-41(50(65)28-51(59(32)66)68-29-55(72)67-3)17-35-7-10-52(71)42(18-35)33(2)79-54-12-9-36(20-44-48(63)24-38(25-49(44)64)27-58(76)77)21-45(54)60(78)70-15-13-40(31-70)80-53-11-8-34(16-39(53)30-69-14-5-4-6-56(69)73)19-43-46(61)22-37(23-47(43)62)26-57(74)75/h7-12,16,18,21-25,28,33,40,68,71H,4-6,13-15,17,19-20,26-27,29-31H2,1-3H3,(H,67,72)(H,74,75)(H,76,77). The quantitative estimate of drug-likeness (QED) is 0.0460. The molecule has 0 saturated carbocycles. The van der Waals surface area contributed by atoms with Gasteiger partial charge in [0.1, 0.15) is 35.3 Å². The summed E-state index contributed by atoms with van der Waals surface area (Å²) < 4.78 is 28.9. The van der Waals surface area contributed by atoms with Crippen molar-refractivity contribution in [2.24, 2.45) is 0 Å². The highest BCUT2D eigenvalue weighted by Crippen LogP contribution is 2.38. The summed E-state index contributed by atoms with van der Waals surface area (Å²) in [6, 6.07) is 23.5. The van der Waals surface area contributed by atoms with Crippen molar-refractivity contribution in [2.45, 2.75) is 90.4 Å². The maximum atomic E-state index is 15.6. The van der Waals surface area contributed by atoms with Crippen molar-refractivity contribution in [2.75, 3.05) is 38.5 Å². The fraction of sp³-hybridized carbons (Fsp3) is 0.317. The number of halogens is 6. The lowest BCUT2D eigenvalue weighted by Gasteiger charge is -2.28. The first-order valence-electron chi connectivity index (χ1n) is 25.9. The molecule has 0 spiro atoms. The minimum absolute atomic E-state index is 0.0375. The molecule has 2 heterocycles. The number of phenols is 1. The average molecular weight is 1190 g/mol. The summed E-state index contributed by atoms with van der Waals surface area (Å²) in [5.41, 5.74) is 6.42. The van der Waals surface area contributed by atoms with E-state index in [2.05, 4.69) is 10.6 Å². The molecule has 2 unspecified atom stereocenters. The summed E-state index contributed by atoms with van der Waals surface area (Å²) in [6.07, 6.45) is 1.47. The van der Waals surface area contributed by atoms with Crippen molar-refractivity contribution in [1.29, 1.82) is 0 Å². The van der Waals surface area contributed by atoms with Gasteiger partial charge in [0.25, 0.3) is 5.91 Å². The molecule has 0 radical (unpaired) electrons. The number of piperidine rings is 1. The average Bonchev–Trinajstić information content (AvgIpc) is 3.93. The SMILES string of the molecule is CNC(=O)CNc1cc(Cl)c(Cc2ccc(O)c(C(C)Oc3ccc(Cc4c(Cl)cc(CC(=O)O)cc4Cl)cc3C(=O)N3CCC(Oc4ccc(Cc5c(Cl)cc(CC(=O)O)cc5Cl)cc4CN4CCCCC4=O)C3)c2)c(C)c1F. The van der Waals surface area contributed by atoms with Crippen LogP contribution in [-0.2, 0) is 57.8 Å². The molecule has 2 aliphatic rings. The van der Waals surface area contributed by atoms with Crippen LogP contribution in [0.5, 0.6) is 17.2 Å². The zero-order valence-electron chi connectivity index (χ0n) is 44.0. The molecule has 420 valence electrons. The van der Waals surface area contributed by atoms with E-state index in [4.69, 9.17) is 67.5 Å². The number of carboxylic acid groups (broad SMARTS) is 2. The van der Waals surface area contributed by atoms with Crippen LogP contribution in [0.15, 0.2) is 84.9 Å². The van der Waals surface area contributed by atoms with Crippen molar-refractivity contribution >= 4 is 93.4 Å². The summed E-state index contributed by atoms with van der Waals surface area (Å²) >= 11 is 33.5. The van der Waals surface area contributed by atoms with Gasteiger partial charge < -0.3 is 45.2 Å². The lowest BCUT2D eigenvalue weighted by Crippen LogP contribution is -2.35. The number of hydrogen-bond donors (Lipinski definition) is 5. The number of aliphatic carboxylic acids is 2. The number of amides is 3. The number of nitrogens with zero attached hydrogens (tertiary/aromatic N) is 2. The Balaban J connectivity index is 1.06. The van der Waals surface area contributed by atoms with Gasteiger partial charge in [0, 0.05) is 88.6 Å². The Kier molecular flexibility index (Phi) is 19.5. The lowest BCUT2D eigenvalue weighted by atomic mass is 9.96. The molecule has 0 aliphatic carbocycles. The first-order valence-corrected chi connectivity index (χ1v) is 27.8. The van der Waals surface area contributed by atoms with E-state index in [9.17, 15) is 39.3 Å². The maximum Gasteiger partial charge on any atom is 0.307 e. The van der Waals surface area contributed by atoms with Crippen molar-refractivity contribution in [3.8, 4) is 17.2 Å². The number of ether oxygens (including phenoxy) is 2. The van der Waals surface area contributed by atoms with Crippen molar-refractivity contribution in [3.05, 3.63) is 183 Å². The molecule has 20 heteroatoms. The molecule has 2 fully saturated rings. The van der Waals surface area contributed by atoms with E-state index >= 15 is 4.39 Å². The highest BCUT2D eigenvalue weighted by molar-refractivity contribution is 6.37. The van der Waals surface area contributed by atoms with Gasteiger partial charge in [-0.25, -0.2) is 4.39 Å². The molecular formula is C60H58Cl5FN4O10. The van der Waals surface area contributed by atoms with Gasteiger partial charge in [-0.1, -0.05) is 76.2 Å². The van der Waals surface area contributed by atoms with Crippen LogP contribution in [0.3, 0.4) is 0 Å². The molecule has 0 aromatic heterocycles. The fourth-order valence-electron chi connectivity index (χ4n) is 10.0. The summed E-state index contributed by atoms with van der Waals surface area (Å²) in [4.78, 5) is 66.3. The minimum Gasteiger partial charge on any atom is -0.508 e. The van der Waals surface area contributed by atoms with E-state index in [1.807, 2.05) is 23.1 Å². The van der Waals surface area contributed by atoms with Crippen molar-refractivity contribution < 1.29 is 53.2 Å². The van der Waals surface area contributed by atoms with E-state index in [1.165, 1.54) is 19.2 Å². The van der Waals surface area contributed by atoms with Gasteiger partial charge in [-0.3, -0.25) is 24.0 Å². The molecule has 0 bridgehead atoms. The molecular weight excluding hydrogens is 1130 g/mol. The van der Waals surface area contributed by atoms with Gasteiger partial charge in [0.15, 0.2) is 0 Å². The number of carbonyl (C=O) groups excluding carboxylic acids is 3. The van der Waals surface area contributed by atoms with E-state index < -0.39 is 30.0 Å². The highest BCUT2D eigenvalue weighted by atomic mass is 35.5. The number of hydrogen-bond acceptors (Lipinski definition) is 9. The predicted molar refractivity (Wildman–Crippen MR) is 307 cm³/mol. The van der Waals surface area contributed by atoms with Crippen LogP contribution in [-0.4, -0.2) is 94.1 Å². The zero-order chi connectivity index (χ0) is 57.5. The molecule has 2 saturated heterocycles. The Hall–Kier alpha value is -6.75. The van der Waals surface area contributed by atoms with Crippen LogP contribution >= 0.6 is 58.0 Å². The summed E-state index contributed by atoms with van der Waals surface area (Å²) in [5, 5.41) is 36.7. The van der Waals surface area contributed by atoms with Gasteiger partial charge >= 0.3 is 11.9 Å². The van der Waals surface area contributed by atoms with Crippen molar-refractivity contribution in [1.82, 2.24) is 15.1 Å². The second-order valence-corrected chi connectivity index (χ2v) is 22.1. The molecule has 8 rings (SSSR count). The van der Waals surface area contributed by atoms with Crippen LogP contribution in [0.4, 0.5) is 10.1 Å². The summed E-state index contributed by atoms with van der Waals surface area (Å²) in [6.45, 7) is 4.56. The lowest BCUT2D eigenvalue weighted by molar-refractivity contribution is -0.137. The molecule has 14 nitrogen and oxygen atoms in total. The number of aromatic hydroxyl groups is 1. The first kappa shape index (κ1) is 59.4. The summed E-state index contributed by atoms with van der Waals surface area (Å²) in [7, 11) is 1.48. The molecule has 80 heavy (non-hydrogen) atoms. The van der Waals surface area contributed by atoms with Gasteiger partial charge in [-0.2, -0.15) is 0 Å². The second-order valence-electron chi connectivity index (χ2n) is 20.1. The molecule has 2 atom stereocenters. The Morgan fingerprint density at radius 1 is 0.725 bits per heavy atom. The number of rotatable bonds is 21. The molecule has 6 aromatic rings. The van der Waals surface area contributed by atoms with Gasteiger partial charge in [0.2, 0.25) is 11.8 Å². The van der Waals surface area contributed by atoms with E-state index in [0.717, 1.165) is 24.0 Å². The molecule has 2 aliphatic heterocycles. The topological polar surface area (TPSA) is 195 Å². The number of anilines is 1. The molecule has 3 amide bonds. The minimum atomic E-state index is -1.04.